The number of nitrogens with one attached hydrogen (secondary N) is 2. The molecule has 5 heteroatoms. The van der Waals surface area contributed by atoms with E-state index in [4.69, 9.17) is 9.97 Å². The fourth-order valence-electron chi connectivity index (χ4n) is 2.97. The third-order valence-electron chi connectivity index (χ3n) is 4.40. The Morgan fingerprint density at radius 3 is 2.32 bits per heavy atom. The average Bonchev–Trinajstić information content (AvgIpc) is 2.70. The summed E-state index contributed by atoms with van der Waals surface area (Å²) in [5.41, 5.74) is 3.51. The first-order chi connectivity index (χ1) is 13.6. The van der Waals surface area contributed by atoms with Gasteiger partial charge in [-0.1, -0.05) is 60.2 Å². The Bertz CT molecular complexity index is 877. The lowest BCUT2D eigenvalue weighted by molar-refractivity contribution is 0.405. The van der Waals surface area contributed by atoms with Crippen LogP contribution in [0.15, 0.2) is 60.7 Å². The van der Waals surface area contributed by atoms with Gasteiger partial charge in [-0.3, -0.25) is 0 Å². The van der Waals surface area contributed by atoms with Gasteiger partial charge in [-0.15, -0.1) is 0 Å². The van der Waals surface area contributed by atoms with E-state index in [1.807, 2.05) is 36.4 Å². The zero-order valence-corrected chi connectivity index (χ0v) is 16.9. The van der Waals surface area contributed by atoms with E-state index in [1.54, 1.807) is 0 Å². The highest BCUT2D eigenvalue weighted by Gasteiger charge is 2.07. The molecule has 3 aromatic rings. The summed E-state index contributed by atoms with van der Waals surface area (Å²) in [6, 6.07) is 20.6. The molecule has 0 aliphatic heterocycles. The molecular formula is C23H29N5. The summed E-state index contributed by atoms with van der Waals surface area (Å²) in [5, 5.41) is 6.89. The standard InChI is InChI=1S/C23H29N5/c1-18-9-7-10-19(15-18)17-25-22-16-21(24-13-8-14-28(2)3)26-23(27-22)20-11-5-4-6-12-20/h4-7,9-12,15-16H,8,13-14,17H2,1-3H3,(H2,24,25,26,27). The number of benzene rings is 2. The van der Waals surface area contributed by atoms with Gasteiger partial charge in [-0.2, -0.15) is 0 Å². The first-order valence-corrected chi connectivity index (χ1v) is 9.73. The Balaban J connectivity index is 1.76. The van der Waals surface area contributed by atoms with Crippen LogP contribution in [0, 0.1) is 6.92 Å². The molecule has 2 aromatic carbocycles. The van der Waals surface area contributed by atoms with Crippen LogP contribution in [0.2, 0.25) is 0 Å². The van der Waals surface area contributed by atoms with Crippen LogP contribution in [0.5, 0.6) is 0 Å². The second kappa shape index (κ2) is 9.85. The highest BCUT2D eigenvalue weighted by molar-refractivity contribution is 5.61. The van der Waals surface area contributed by atoms with Crippen LogP contribution in [-0.2, 0) is 6.54 Å². The SMILES string of the molecule is Cc1cccc(CNc2cc(NCCCN(C)C)nc(-c3ccccc3)n2)c1. The summed E-state index contributed by atoms with van der Waals surface area (Å²) < 4.78 is 0. The van der Waals surface area contributed by atoms with Crippen molar-refractivity contribution in [3.63, 3.8) is 0 Å². The van der Waals surface area contributed by atoms with Crippen LogP contribution in [0.1, 0.15) is 17.5 Å². The molecule has 0 bridgehead atoms. The second-order valence-corrected chi connectivity index (χ2v) is 7.25. The quantitative estimate of drug-likeness (QED) is 0.542. The van der Waals surface area contributed by atoms with Gasteiger partial charge in [0.25, 0.3) is 0 Å². The summed E-state index contributed by atoms with van der Waals surface area (Å²) >= 11 is 0. The van der Waals surface area contributed by atoms with Crippen LogP contribution >= 0.6 is 0 Å². The Morgan fingerprint density at radius 1 is 0.857 bits per heavy atom. The van der Waals surface area contributed by atoms with E-state index in [-0.39, 0.29) is 0 Å². The zero-order chi connectivity index (χ0) is 19.8. The van der Waals surface area contributed by atoms with E-state index in [0.717, 1.165) is 49.1 Å². The molecule has 0 unspecified atom stereocenters. The van der Waals surface area contributed by atoms with Crippen molar-refractivity contribution in [1.29, 1.82) is 0 Å². The van der Waals surface area contributed by atoms with Gasteiger partial charge in [-0.25, -0.2) is 9.97 Å². The van der Waals surface area contributed by atoms with Crippen molar-refractivity contribution < 1.29 is 0 Å². The monoisotopic (exact) mass is 375 g/mol. The summed E-state index contributed by atoms with van der Waals surface area (Å²) in [4.78, 5) is 11.6. The van der Waals surface area contributed by atoms with E-state index < -0.39 is 0 Å². The normalized spacial score (nSPS) is 10.9. The fourth-order valence-corrected chi connectivity index (χ4v) is 2.97. The first-order valence-electron chi connectivity index (χ1n) is 9.73. The predicted octanol–water partition coefficient (Wildman–Crippen LogP) is 4.43. The molecular weight excluding hydrogens is 346 g/mol. The van der Waals surface area contributed by atoms with Crippen LogP contribution in [0.25, 0.3) is 11.4 Å². The van der Waals surface area contributed by atoms with E-state index in [0.29, 0.717) is 0 Å². The Hall–Kier alpha value is -2.92. The maximum atomic E-state index is 4.73. The topological polar surface area (TPSA) is 53.1 Å². The number of aryl methyl sites for hydroxylation is 1. The van der Waals surface area contributed by atoms with Crippen LogP contribution in [0.3, 0.4) is 0 Å². The molecule has 28 heavy (non-hydrogen) atoms. The largest absolute Gasteiger partial charge is 0.370 e. The van der Waals surface area contributed by atoms with Gasteiger partial charge in [0.1, 0.15) is 11.6 Å². The van der Waals surface area contributed by atoms with Crippen molar-refractivity contribution >= 4 is 11.6 Å². The Kier molecular flexibility index (Phi) is 6.98. The molecule has 0 aliphatic rings. The molecule has 5 nitrogen and oxygen atoms in total. The predicted molar refractivity (Wildman–Crippen MR) is 118 cm³/mol. The molecule has 0 radical (unpaired) electrons. The third-order valence-corrected chi connectivity index (χ3v) is 4.40. The minimum atomic E-state index is 0.727. The summed E-state index contributed by atoms with van der Waals surface area (Å²) in [6.07, 6.45) is 1.06. The average molecular weight is 376 g/mol. The minimum absolute atomic E-state index is 0.727. The smallest absolute Gasteiger partial charge is 0.163 e. The van der Waals surface area contributed by atoms with Gasteiger partial charge in [-0.05, 0) is 39.5 Å². The number of nitrogens with zero attached hydrogens (tertiary/aromatic N) is 3. The van der Waals surface area contributed by atoms with E-state index in [2.05, 4.69) is 60.8 Å². The molecule has 1 aromatic heterocycles. The van der Waals surface area contributed by atoms with Gasteiger partial charge in [0, 0.05) is 24.7 Å². The zero-order valence-electron chi connectivity index (χ0n) is 16.9. The van der Waals surface area contributed by atoms with Crippen molar-refractivity contribution in [3.05, 3.63) is 71.8 Å². The first kappa shape index (κ1) is 19.8. The molecule has 0 saturated carbocycles. The second-order valence-electron chi connectivity index (χ2n) is 7.25. The third kappa shape index (κ3) is 6.06. The number of hydrogen-bond donors (Lipinski definition) is 2. The van der Waals surface area contributed by atoms with Gasteiger partial charge in [0.2, 0.25) is 0 Å². The van der Waals surface area contributed by atoms with Crippen LogP contribution < -0.4 is 10.6 Å². The summed E-state index contributed by atoms with van der Waals surface area (Å²) in [7, 11) is 4.18. The number of rotatable bonds is 9. The van der Waals surface area contributed by atoms with Crippen molar-refractivity contribution in [2.75, 3.05) is 37.8 Å². The van der Waals surface area contributed by atoms with E-state index >= 15 is 0 Å². The van der Waals surface area contributed by atoms with Gasteiger partial charge in [0.15, 0.2) is 5.82 Å². The van der Waals surface area contributed by atoms with Crippen LogP contribution in [-0.4, -0.2) is 42.1 Å². The number of hydrogen-bond acceptors (Lipinski definition) is 5. The molecule has 0 spiro atoms. The number of anilines is 2. The molecule has 146 valence electrons. The number of aromatic nitrogens is 2. The van der Waals surface area contributed by atoms with Gasteiger partial charge in [0.05, 0.1) is 0 Å². The molecule has 3 rings (SSSR count). The molecule has 2 N–H and O–H groups in total. The highest BCUT2D eigenvalue weighted by atomic mass is 15.1. The van der Waals surface area contributed by atoms with Crippen molar-refractivity contribution in [1.82, 2.24) is 14.9 Å². The van der Waals surface area contributed by atoms with E-state index in [9.17, 15) is 0 Å². The van der Waals surface area contributed by atoms with Crippen LogP contribution in [0.4, 0.5) is 11.6 Å². The Morgan fingerprint density at radius 2 is 1.61 bits per heavy atom. The van der Waals surface area contributed by atoms with Gasteiger partial charge >= 0.3 is 0 Å². The fraction of sp³-hybridized carbons (Fsp3) is 0.304. The lowest BCUT2D eigenvalue weighted by Gasteiger charge is -2.13. The molecule has 1 heterocycles. The van der Waals surface area contributed by atoms with Crippen molar-refractivity contribution in [2.24, 2.45) is 0 Å². The molecule has 0 aliphatic carbocycles. The maximum absolute atomic E-state index is 4.73. The summed E-state index contributed by atoms with van der Waals surface area (Å²) in [5.74, 6) is 2.40. The van der Waals surface area contributed by atoms with Crippen molar-refractivity contribution in [3.8, 4) is 11.4 Å². The lowest BCUT2D eigenvalue weighted by atomic mass is 10.1. The minimum Gasteiger partial charge on any atom is -0.370 e. The Labute approximate surface area is 167 Å². The molecule has 0 amide bonds. The summed E-state index contributed by atoms with van der Waals surface area (Å²) in [6.45, 7) is 4.76. The highest BCUT2D eigenvalue weighted by Crippen LogP contribution is 2.20. The maximum Gasteiger partial charge on any atom is 0.163 e. The molecule has 0 saturated heterocycles. The van der Waals surface area contributed by atoms with Gasteiger partial charge < -0.3 is 15.5 Å². The van der Waals surface area contributed by atoms with E-state index in [1.165, 1.54) is 11.1 Å². The molecule has 0 fully saturated rings. The molecule has 0 atom stereocenters. The lowest BCUT2D eigenvalue weighted by Crippen LogP contribution is -2.17. The van der Waals surface area contributed by atoms with Crippen molar-refractivity contribution in [2.45, 2.75) is 19.9 Å².